The van der Waals surface area contributed by atoms with Crippen LogP contribution in [0.3, 0.4) is 0 Å². The first-order chi connectivity index (χ1) is 13.0. The van der Waals surface area contributed by atoms with Gasteiger partial charge < -0.3 is 15.8 Å². The lowest BCUT2D eigenvalue weighted by Crippen LogP contribution is -2.45. The van der Waals surface area contributed by atoms with Crippen molar-refractivity contribution in [2.75, 3.05) is 14.2 Å². The molecule has 0 radical (unpaired) electrons. The van der Waals surface area contributed by atoms with Gasteiger partial charge in [0.1, 0.15) is 11.6 Å². The minimum Gasteiger partial charge on any atom is -0.496 e. The van der Waals surface area contributed by atoms with Crippen LogP contribution in [0.15, 0.2) is 36.7 Å². The highest BCUT2D eigenvalue weighted by Crippen LogP contribution is 2.41. The highest BCUT2D eigenvalue weighted by Gasteiger charge is 2.40. The van der Waals surface area contributed by atoms with Crippen molar-refractivity contribution in [3.8, 4) is 16.9 Å². The van der Waals surface area contributed by atoms with Crippen LogP contribution in [-0.4, -0.2) is 31.1 Å². The summed E-state index contributed by atoms with van der Waals surface area (Å²) in [4.78, 5) is 16.2. The van der Waals surface area contributed by atoms with Crippen LogP contribution in [0.2, 0.25) is 0 Å². The number of ether oxygens (including phenoxy) is 1. The smallest absolute Gasteiger partial charge is 0.223 e. The molecule has 1 aliphatic carbocycles. The maximum absolute atomic E-state index is 14.2. The molecular weight excluding hydrogens is 345 g/mol. The van der Waals surface area contributed by atoms with E-state index in [0.717, 1.165) is 36.8 Å². The predicted octanol–water partition coefficient (Wildman–Crippen LogP) is 3.07. The summed E-state index contributed by atoms with van der Waals surface area (Å²) in [6.45, 7) is 0. The Morgan fingerprint density at radius 3 is 2.70 bits per heavy atom. The van der Waals surface area contributed by atoms with E-state index in [2.05, 4.69) is 10.3 Å². The zero-order valence-electron chi connectivity index (χ0n) is 15.8. The van der Waals surface area contributed by atoms with Gasteiger partial charge in [0.05, 0.1) is 18.7 Å². The lowest BCUT2D eigenvalue weighted by atomic mass is 9.68. The molecule has 1 fully saturated rings. The van der Waals surface area contributed by atoms with Gasteiger partial charge in [0.25, 0.3) is 0 Å². The molecule has 1 aromatic heterocycles. The van der Waals surface area contributed by atoms with Crippen LogP contribution in [0, 0.1) is 11.2 Å². The Morgan fingerprint density at radius 1 is 1.37 bits per heavy atom. The summed E-state index contributed by atoms with van der Waals surface area (Å²) >= 11 is 0. The second kappa shape index (κ2) is 8.05. The lowest BCUT2D eigenvalue weighted by Gasteiger charge is -2.38. The second-order valence-electron chi connectivity index (χ2n) is 7.27. The third-order valence-corrected chi connectivity index (χ3v) is 5.77. The first kappa shape index (κ1) is 19.3. The molecule has 0 atom stereocenters. The standard InChI is InChI=1S/C21H26FN3O2/c1-24-16-5-8-21(9-6-16,20(23)26)12-15-11-14(3-4-19(15)27-2)17-7-10-25-13-18(17)22/h3-4,7,10-11,13,16,24H,5-6,8-9,12H2,1-2H3,(H2,23,26). The van der Waals surface area contributed by atoms with E-state index in [1.54, 1.807) is 19.4 Å². The highest BCUT2D eigenvalue weighted by atomic mass is 19.1. The van der Waals surface area contributed by atoms with Gasteiger partial charge in [0, 0.05) is 17.8 Å². The number of methoxy groups -OCH3 is 1. The van der Waals surface area contributed by atoms with Crippen LogP contribution >= 0.6 is 0 Å². The van der Waals surface area contributed by atoms with Gasteiger partial charge in [-0.25, -0.2) is 4.39 Å². The van der Waals surface area contributed by atoms with Crippen LogP contribution in [0.4, 0.5) is 4.39 Å². The monoisotopic (exact) mass is 371 g/mol. The number of carbonyl (C=O) groups excluding carboxylic acids is 1. The highest BCUT2D eigenvalue weighted by molar-refractivity contribution is 5.81. The van der Waals surface area contributed by atoms with Crippen molar-refractivity contribution >= 4 is 5.91 Å². The van der Waals surface area contributed by atoms with Crippen LogP contribution in [0.1, 0.15) is 31.2 Å². The largest absolute Gasteiger partial charge is 0.496 e. The molecule has 0 bridgehead atoms. The summed E-state index contributed by atoms with van der Waals surface area (Å²) in [7, 11) is 3.54. The summed E-state index contributed by atoms with van der Waals surface area (Å²) in [5.74, 6) is 0.0249. The number of carbonyl (C=O) groups is 1. The topological polar surface area (TPSA) is 77.2 Å². The SMILES string of the molecule is CNC1CCC(Cc2cc(-c3ccncc3F)ccc2OC)(C(N)=O)CC1. The van der Waals surface area contributed by atoms with Crippen molar-refractivity contribution < 1.29 is 13.9 Å². The quantitative estimate of drug-likeness (QED) is 0.818. The van der Waals surface area contributed by atoms with Crippen molar-refractivity contribution in [3.05, 3.63) is 48.0 Å². The number of pyridine rings is 1. The molecule has 1 saturated carbocycles. The molecule has 27 heavy (non-hydrogen) atoms. The molecule has 0 saturated heterocycles. The molecule has 2 aromatic rings. The van der Waals surface area contributed by atoms with E-state index in [4.69, 9.17) is 10.5 Å². The Kier molecular flexibility index (Phi) is 5.75. The molecule has 3 N–H and O–H groups in total. The van der Waals surface area contributed by atoms with Crippen molar-refractivity contribution in [1.82, 2.24) is 10.3 Å². The average molecular weight is 371 g/mol. The van der Waals surface area contributed by atoms with E-state index in [0.29, 0.717) is 23.8 Å². The van der Waals surface area contributed by atoms with Gasteiger partial charge in [-0.15, -0.1) is 0 Å². The summed E-state index contributed by atoms with van der Waals surface area (Å²) in [6.07, 6.45) is 6.51. The first-order valence-electron chi connectivity index (χ1n) is 9.23. The minimum absolute atomic E-state index is 0.278. The molecule has 1 heterocycles. The summed E-state index contributed by atoms with van der Waals surface area (Å²) in [5, 5.41) is 3.28. The number of primary amides is 1. The number of halogens is 1. The van der Waals surface area contributed by atoms with Crippen LogP contribution in [0.5, 0.6) is 5.75 Å². The van der Waals surface area contributed by atoms with Gasteiger partial charge in [0.15, 0.2) is 0 Å². The second-order valence-corrected chi connectivity index (χ2v) is 7.27. The Hall–Kier alpha value is -2.47. The number of nitrogens with one attached hydrogen (secondary N) is 1. The van der Waals surface area contributed by atoms with E-state index in [-0.39, 0.29) is 11.7 Å². The predicted molar refractivity (Wildman–Crippen MR) is 103 cm³/mol. The van der Waals surface area contributed by atoms with E-state index < -0.39 is 5.41 Å². The van der Waals surface area contributed by atoms with Crippen LogP contribution in [-0.2, 0) is 11.2 Å². The number of rotatable bonds is 6. The number of hydrogen-bond acceptors (Lipinski definition) is 4. The van der Waals surface area contributed by atoms with Crippen molar-refractivity contribution in [2.45, 2.75) is 38.1 Å². The first-order valence-corrected chi connectivity index (χ1v) is 9.23. The number of amides is 1. The number of aromatic nitrogens is 1. The fourth-order valence-electron chi connectivity index (χ4n) is 4.03. The summed E-state index contributed by atoms with van der Waals surface area (Å²) in [6, 6.07) is 7.58. The molecule has 144 valence electrons. The van der Waals surface area contributed by atoms with E-state index in [1.807, 2.05) is 25.2 Å². The zero-order chi connectivity index (χ0) is 19.4. The van der Waals surface area contributed by atoms with Crippen LogP contribution < -0.4 is 15.8 Å². The Morgan fingerprint density at radius 2 is 2.11 bits per heavy atom. The van der Waals surface area contributed by atoms with E-state index in [1.165, 1.54) is 6.20 Å². The number of benzene rings is 1. The average Bonchev–Trinajstić information content (AvgIpc) is 2.69. The minimum atomic E-state index is -0.601. The molecular formula is C21H26FN3O2. The van der Waals surface area contributed by atoms with Gasteiger partial charge in [-0.2, -0.15) is 0 Å². The van der Waals surface area contributed by atoms with Crippen LogP contribution in [0.25, 0.3) is 11.1 Å². The van der Waals surface area contributed by atoms with Gasteiger partial charge in [-0.05, 0) is 68.5 Å². The molecule has 1 aromatic carbocycles. The Balaban J connectivity index is 1.96. The fraction of sp³-hybridized carbons (Fsp3) is 0.429. The third kappa shape index (κ3) is 3.95. The van der Waals surface area contributed by atoms with E-state index >= 15 is 0 Å². The van der Waals surface area contributed by atoms with Crippen molar-refractivity contribution in [2.24, 2.45) is 11.1 Å². The molecule has 3 rings (SSSR count). The van der Waals surface area contributed by atoms with Gasteiger partial charge in [0.2, 0.25) is 5.91 Å². The van der Waals surface area contributed by atoms with Gasteiger partial charge in [-0.3, -0.25) is 9.78 Å². The normalized spacial score (nSPS) is 22.4. The Labute approximate surface area is 159 Å². The molecule has 0 aliphatic heterocycles. The third-order valence-electron chi connectivity index (χ3n) is 5.77. The number of hydrogen-bond donors (Lipinski definition) is 2. The van der Waals surface area contributed by atoms with Gasteiger partial charge >= 0.3 is 0 Å². The van der Waals surface area contributed by atoms with E-state index in [9.17, 15) is 9.18 Å². The fourth-order valence-corrected chi connectivity index (χ4v) is 4.03. The lowest BCUT2D eigenvalue weighted by molar-refractivity contribution is -0.129. The molecule has 6 heteroatoms. The van der Waals surface area contributed by atoms with Crippen molar-refractivity contribution in [1.29, 1.82) is 0 Å². The zero-order valence-corrected chi connectivity index (χ0v) is 15.8. The molecule has 1 amide bonds. The van der Waals surface area contributed by atoms with Crippen molar-refractivity contribution in [3.63, 3.8) is 0 Å². The summed E-state index contributed by atoms with van der Waals surface area (Å²) in [5.41, 5.74) is 7.30. The molecule has 0 unspecified atom stereocenters. The molecule has 0 spiro atoms. The number of nitrogens with two attached hydrogens (primary N) is 1. The summed E-state index contributed by atoms with van der Waals surface area (Å²) < 4.78 is 19.7. The maximum atomic E-state index is 14.2. The van der Waals surface area contributed by atoms with Gasteiger partial charge in [-0.1, -0.05) is 6.07 Å². The Bertz CT molecular complexity index is 817. The molecule has 1 aliphatic rings. The maximum Gasteiger partial charge on any atom is 0.223 e. The number of nitrogens with zero attached hydrogens (tertiary/aromatic N) is 1. The molecule has 5 nitrogen and oxygen atoms in total.